The number of nitriles is 1. The van der Waals surface area contributed by atoms with Gasteiger partial charge < -0.3 is 15.0 Å². The summed E-state index contributed by atoms with van der Waals surface area (Å²) in [7, 11) is 0. The Bertz CT molecular complexity index is 1330. The lowest BCUT2D eigenvalue weighted by Crippen LogP contribution is -2.52. The fourth-order valence-electron chi connectivity index (χ4n) is 5.86. The molecular formula is C27H28N4O2. The number of benzene rings is 2. The molecule has 3 aromatic rings. The summed E-state index contributed by atoms with van der Waals surface area (Å²) in [6, 6.07) is 12.0. The number of nitrogens with zero attached hydrogens (tertiary/aromatic N) is 3. The van der Waals surface area contributed by atoms with Gasteiger partial charge in [-0.3, -0.25) is 9.69 Å². The Balaban J connectivity index is 1.40. The van der Waals surface area contributed by atoms with Crippen LogP contribution in [0.5, 0.6) is 5.75 Å². The number of hydrogen-bond donors (Lipinski definition) is 2. The van der Waals surface area contributed by atoms with Crippen LogP contribution in [0.4, 0.5) is 5.69 Å². The lowest BCUT2D eigenvalue weighted by molar-refractivity contribution is 0.103. The first-order chi connectivity index (χ1) is 15.9. The number of anilines is 1. The number of hydrogen-bond acceptors (Lipinski definition) is 5. The maximum atomic E-state index is 13.6. The maximum absolute atomic E-state index is 13.6. The van der Waals surface area contributed by atoms with Crippen molar-refractivity contribution in [1.29, 1.82) is 5.26 Å². The molecule has 2 N–H and O–H groups in total. The molecule has 0 radical (unpaired) electrons. The third kappa shape index (κ3) is 2.92. The molecule has 6 nitrogen and oxygen atoms in total. The standard InChI is InChI=1S/C27H28N4O2/c1-27(2)20-14-22(31-10-8-30(9-11-31)17-4-3-5-17)23(32)13-19(20)25(33)24-18-7-6-16(15-28)12-21(18)29-26(24)27/h6-7,12-14,17,29,32H,3-5,8-11H2,1-2H3. The van der Waals surface area contributed by atoms with Gasteiger partial charge in [0.1, 0.15) is 5.75 Å². The molecule has 2 aromatic carbocycles. The van der Waals surface area contributed by atoms with Gasteiger partial charge in [0.15, 0.2) is 5.78 Å². The third-order valence-corrected chi connectivity index (χ3v) is 8.06. The average Bonchev–Trinajstić information content (AvgIpc) is 3.17. The summed E-state index contributed by atoms with van der Waals surface area (Å²) in [5, 5.41) is 21.1. The van der Waals surface area contributed by atoms with E-state index in [1.165, 1.54) is 19.3 Å². The van der Waals surface area contributed by atoms with Crippen molar-refractivity contribution in [3.8, 4) is 11.8 Å². The Labute approximate surface area is 193 Å². The van der Waals surface area contributed by atoms with Crippen LogP contribution in [0.25, 0.3) is 10.9 Å². The highest BCUT2D eigenvalue weighted by atomic mass is 16.3. The second-order valence-corrected chi connectivity index (χ2v) is 10.2. The Morgan fingerprint density at radius 1 is 1.12 bits per heavy atom. The number of aromatic hydroxyl groups is 1. The van der Waals surface area contributed by atoms with E-state index in [2.05, 4.69) is 34.7 Å². The SMILES string of the molecule is CC1(C)c2cc(N3CCN(C4CCC4)CC3)c(O)cc2C(=O)c2c1[nH]c1cc(C#N)ccc21. The Morgan fingerprint density at radius 3 is 2.55 bits per heavy atom. The zero-order valence-electron chi connectivity index (χ0n) is 19.1. The van der Waals surface area contributed by atoms with Crippen molar-refractivity contribution < 1.29 is 9.90 Å². The fourth-order valence-corrected chi connectivity index (χ4v) is 5.86. The molecule has 0 atom stereocenters. The van der Waals surface area contributed by atoms with Crippen molar-refractivity contribution >= 4 is 22.4 Å². The molecule has 0 amide bonds. The molecule has 1 saturated carbocycles. The summed E-state index contributed by atoms with van der Waals surface area (Å²) in [6.07, 6.45) is 3.96. The first-order valence-electron chi connectivity index (χ1n) is 11.9. The molecule has 2 fully saturated rings. The van der Waals surface area contributed by atoms with Gasteiger partial charge in [0, 0.05) is 59.8 Å². The van der Waals surface area contributed by atoms with Crippen molar-refractivity contribution in [2.75, 3.05) is 31.1 Å². The Kier molecular flexibility index (Phi) is 4.37. The van der Waals surface area contributed by atoms with Gasteiger partial charge in [-0.2, -0.15) is 5.26 Å². The highest BCUT2D eigenvalue weighted by Gasteiger charge is 2.41. The Hall–Kier alpha value is -3.30. The minimum Gasteiger partial charge on any atom is -0.506 e. The fraction of sp³-hybridized carbons (Fsp3) is 0.407. The predicted molar refractivity (Wildman–Crippen MR) is 128 cm³/mol. The average molecular weight is 441 g/mol. The highest BCUT2D eigenvalue weighted by molar-refractivity contribution is 6.20. The second kappa shape index (κ2) is 7.10. The van der Waals surface area contributed by atoms with Crippen molar-refractivity contribution in [1.82, 2.24) is 9.88 Å². The molecule has 0 spiro atoms. The largest absolute Gasteiger partial charge is 0.506 e. The van der Waals surface area contributed by atoms with E-state index in [0.29, 0.717) is 16.7 Å². The molecule has 1 aromatic heterocycles. The van der Waals surface area contributed by atoms with E-state index in [4.69, 9.17) is 0 Å². The van der Waals surface area contributed by atoms with Crippen LogP contribution in [0.3, 0.4) is 0 Å². The maximum Gasteiger partial charge on any atom is 0.195 e. The number of aromatic nitrogens is 1. The Morgan fingerprint density at radius 2 is 1.88 bits per heavy atom. The minimum absolute atomic E-state index is 0.0769. The van der Waals surface area contributed by atoms with E-state index in [1.54, 1.807) is 18.2 Å². The number of fused-ring (bicyclic) bond motifs is 4. The van der Waals surface area contributed by atoms with E-state index in [-0.39, 0.29) is 11.5 Å². The van der Waals surface area contributed by atoms with Gasteiger partial charge in [0.2, 0.25) is 0 Å². The third-order valence-electron chi connectivity index (χ3n) is 8.06. The number of carbonyl (C=O) groups excluding carboxylic acids is 1. The molecule has 0 unspecified atom stereocenters. The molecule has 0 bridgehead atoms. The van der Waals surface area contributed by atoms with Crippen LogP contribution in [0.1, 0.15) is 65.9 Å². The summed E-state index contributed by atoms with van der Waals surface area (Å²) >= 11 is 0. The number of H-pyrrole nitrogens is 1. The van der Waals surface area contributed by atoms with Crippen molar-refractivity contribution in [2.24, 2.45) is 0 Å². The number of rotatable bonds is 2. The lowest BCUT2D eigenvalue weighted by atomic mass is 9.71. The van der Waals surface area contributed by atoms with Gasteiger partial charge in [0.05, 0.1) is 22.9 Å². The number of carbonyl (C=O) groups is 1. The van der Waals surface area contributed by atoms with Gasteiger partial charge >= 0.3 is 0 Å². The molecular weight excluding hydrogens is 412 g/mol. The second-order valence-electron chi connectivity index (χ2n) is 10.2. The summed E-state index contributed by atoms with van der Waals surface area (Å²) in [6.45, 7) is 8.02. The minimum atomic E-state index is -0.444. The number of ketones is 1. The summed E-state index contributed by atoms with van der Waals surface area (Å²) < 4.78 is 0. The van der Waals surface area contributed by atoms with Crippen LogP contribution in [-0.2, 0) is 5.41 Å². The number of aromatic amines is 1. The molecule has 168 valence electrons. The first kappa shape index (κ1) is 20.3. The van der Waals surface area contributed by atoms with Crippen LogP contribution in [0.2, 0.25) is 0 Å². The molecule has 1 aliphatic heterocycles. The van der Waals surface area contributed by atoms with Crippen LogP contribution in [-0.4, -0.2) is 53.0 Å². The molecule has 6 rings (SSSR count). The van der Waals surface area contributed by atoms with E-state index < -0.39 is 5.41 Å². The summed E-state index contributed by atoms with van der Waals surface area (Å²) in [5.41, 5.74) is 4.74. The van der Waals surface area contributed by atoms with E-state index >= 15 is 0 Å². The quantitative estimate of drug-likeness (QED) is 0.621. The topological polar surface area (TPSA) is 83.4 Å². The number of phenolic OH excluding ortho intramolecular Hbond substituents is 1. The summed E-state index contributed by atoms with van der Waals surface area (Å²) in [5.74, 6) is 0.0944. The molecule has 2 aliphatic carbocycles. The van der Waals surface area contributed by atoms with Crippen LogP contribution < -0.4 is 4.90 Å². The van der Waals surface area contributed by atoms with Gasteiger partial charge in [-0.1, -0.05) is 26.3 Å². The molecule has 6 heteroatoms. The van der Waals surface area contributed by atoms with Crippen LogP contribution in [0.15, 0.2) is 30.3 Å². The molecule has 1 saturated heterocycles. The molecule has 33 heavy (non-hydrogen) atoms. The molecule has 3 aliphatic rings. The normalized spacial score (nSPS) is 20.3. The smallest absolute Gasteiger partial charge is 0.195 e. The van der Waals surface area contributed by atoms with Crippen molar-refractivity contribution in [3.05, 3.63) is 58.3 Å². The number of phenols is 1. The van der Waals surface area contributed by atoms with E-state index in [9.17, 15) is 15.2 Å². The van der Waals surface area contributed by atoms with Crippen LogP contribution >= 0.6 is 0 Å². The zero-order valence-corrected chi connectivity index (χ0v) is 19.1. The predicted octanol–water partition coefficient (Wildman–Crippen LogP) is 4.29. The highest BCUT2D eigenvalue weighted by Crippen LogP contribution is 2.47. The van der Waals surface area contributed by atoms with Crippen molar-refractivity contribution in [2.45, 2.75) is 44.6 Å². The van der Waals surface area contributed by atoms with Gasteiger partial charge in [-0.15, -0.1) is 0 Å². The van der Waals surface area contributed by atoms with E-state index in [0.717, 1.165) is 60.1 Å². The number of piperazine rings is 1. The van der Waals surface area contributed by atoms with E-state index in [1.807, 2.05) is 12.1 Å². The molecule has 2 heterocycles. The van der Waals surface area contributed by atoms with Crippen LogP contribution in [0, 0.1) is 11.3 Å². The lowest BCUT2D eigenvalue weighted by Gasteiger charge is -2.44. The van der Waals surface area contributed by atoms with Crippen molar-refractivity contribution in [3.63, 3.8) is 0 Å². The zero-order chi connectivity index (χ0) is 22.9. The monoisotopic (exact) mass is 440 g/mol. The number of nitrogens with one attached hydrogen (secondary N) is 1. The van der Waals surface area contributed by atoms with Gasteiger partial charge in [-0.25, -0.2) is 0 Å². The van der Waals surface area contributed by atoms with Gasteiger partial charge in [0.25, 0.3) is 0 Å². The first-order valence-corrected chi connectivity index (χ1v) is 11.9. The summed E-state index contributed by atoms with van der Waals surface area (Å²) in [4.78, 5) is 21.9. The van der Waals surface area contributed by atoms with Gasteiger partial charge in [-0.05, 0) is 42.7 Å².